The number of hydrogen-bond donors (Lipinski definition) is 3. The molecule has 0 aromatic heterocycles. The SMILES string of the molecule is CCCCCNC(=O)C(c1ccc(CC)cc1)N(C(=O)C(Cc1ccc(O)cc1)NC(=O)OC(C)(C)C)C1CC1C. The minimum Gasteiger partial charge on any atom is -0.508 e. The van der Waals surface area contributed by atoms with Gasteiger partial charge in [-0.25, -0.2) is 4.79 Å². The lowest BCUT2D eigenvalue weighted by molar-refractivity contribution is -0.143. The molecule has 8 nitrogen and oxygen atoms in total. The highest BCUT2D eigenvalue weighted by Gasteiger charge is 2.48. The summed E-state index contributed by atoms with van der Waals surface area (Å²) in [4.78, 5) is 42.9. The summed E-state index contributed by atoms with van der Waals surface area (Å²) in [7, 11) is 0. The van der Waals surface area contributed by atoms with E-state index < -0.39 is 23.8 Å². The number of carbonyl (C=O) groups is 3. The van der Waals surface area contributed by atoms with Crippen LogP contribution in [-0.2, 0) is 27.2 Å². The number of aryl methyl sites for hydroxylation is 1. The molecule has 8 heteroatoms. The maximum atomic E-state index is 14.5. The highest BCUT2D eigenvalue weighted by Crippen LogP contribution is 2.41. The Bertz CT molecular complexity index is 1160. The molecule has 3 N–H and O–H groups in total. The van der Waals surface area contributed by atoms with Crippen LogP contribution >= 0.6 is 0 Å². The fourth-order valence-corrected chi connectivity index (χ4v) is 4.93. The van der Waals surface area contributed by atoms with E-state index in [1.807, 2.05) is 24.3 Å². The average Bonchev–Trinajstić information content (AvgIpc) is 3.64. The van der Waals surface area contributed by atoms with E-state index in [2.05, 4.69) is 31.4 Å². The van der Waals surface area contributed by atoms with Gasteiger partial charge in [0.05, 0.1) is 0 Å². The molecule has 224 valence electrons. The number of nitrogens with zero attached hydrogens (tertiary/aromatic N) is 1. The molecule has 0 radical (unpaired) electrons. The zero-order chi connectivity index (χ0) is 30.2. The maximum Gasteiger partial charge on any atom is 0.408 e. The smallest absolute Gasteiger partial charge is 0.408 e. The Labute approximate surface area is 244 Å². The Morgan fingerprint density at radius 2 is 1.61 bits per heavy atom. The normalized spacial score (nSPS) is 17.7. The van der Waals surface area contributed by atoms with Gasteiger partial charge in [0, 0.05) is 19.0 Å². The third-order valence-corrected chi connectivity index (χ3v) is 7.35. The molecule has 41 heavy (non-hydrogen) atoms. The standard InChI is InChI=1S/C33H47N3O5/c1-7-9-10-19-34-30(38)29(25-15-11-23(8-2)12-16-25)36(28-20-22(28)3)31(39)27(35-32(40)41-33(4,5)6)21-24-13-17-26(37)18-14-24/h11-18,22,27-29,37H,7-10,19-21H2,1-6H3,(H,34,38)(H,35,40). The first kappa shape index (κ1) is 32.0. The van der Waals surface area contributed by atoms with Crippen LogP contribution in [0.2, 0.25) is 0 Å². The van der Waals surface area contributed by atoms with Crippen LogP contribution < -0.4 is 10.6 Å². The van der Waals surface area contributed by atoms with Gasteiger partial charge in [0.1, 0.15) is 23.4 Å². The summed E-state index contributed by atoms with van der Waals surface area (Å²) in [5.41, 5.74) is 1.89. The zero-order valence-electron chi connectivity index (χ0n) is 25.4. The molecule has 2 aromatic rings. The average molecular weight is 566 g/mol. The number of unbranched alkanes of at least 4 members (excludes halogenated alkanes) is 2. The number of alkyl carbamates (subject to hydrolysis) is 1. The molecule has 1 saturated carbocycles. The molecule has 3 amide bonds. The quantitative estimate of drug-likeness (QED) is 0.271. The molecule has 0 aliphatic heterocycles. The van der Waals surface area contributed by atoms with Gasteiger partial charge < -0.3 is 25.4 Å². The molecule has 4 unspecified atom stereocenters. The van der Waals surface area contributed by atoms with Crippen LogP contribution in [-0.4, -0.2) is 52.1 Å². The predicted octanol–water partition coefficient (Wildman–Crippen LogP) is 5.68. The van der Waals surface area contributed by atoms with Crippen LogP contribution in [0.15, 0.2) is 48.5 Å². The van der Waals surface area contributed by atoms with Crippen molar-refractivity contribution < 1.29 is 24.2 Å². The van der Waals surface area contributed by atoms with Crippen LogP contribution in [0, 0.1) is 5.92 Å². The minimum absolute atomic E-state index is 0.112. The van der Waals surface area contributed by atoms with E-state index in [0.717, 1.165) is 48.8 Å². The third kappa shape index (κ3) is 9.51. The van der Waals surface area contributed by atoms with Crippen LogP contribution in [0.25, 0.3) is 0 Å². The van der Waals surface area contributed by atoms with Gasteiger partial charge in [-0.15, -0.1) is 0 Å². The van der Waals surface area contributed by atoms with Crippen LogP contribution in [0.3, 0.4) is 0 Å². The third-order valence-electron chi connectivity index (χ3n) is 7.35. The molecule has 0 bridgehead atoms. The summed E-state index contributed by atoms with van der Waals surface area (Å²) in [5, 5.41) is 15.6. The molecule has 0 heterocycles. The van der Waals surface area contributed by atoms with E-state index in [1.165, 1.54) is 0 Å². The molecule has 2 aromatic carbocycles. The Hall–Kier alpha value is -3.55. The van der Waals surface area contributed by atoms with Crippen molar-refractivity contribution in [3.8, 4) is 5.75 Å². The predicted molar refractivity (Wildman–Crippen MR) is 160 cm³/mol. The van der Waals surface area contributed by atoms with Gasteiger partial charge in [-0.3, -0.25) is 9.59 Å². The van der Waals surface area contributed by atoms with Gasteiger partial charge in [0.25, 0.3) is 0 Å². The monoisotopic (exact) mass is 565 g/mol. The second-order valence-corrected chi connectivity index (χ2v) is 12.1. The zero-order valence-corrected chi connectivity index (χ0v) is 25.4. The molecule has 1 aliphatic rings. The van der Waals surface area contributed by atoms with Gasteiger partial charge in [-0.2, -0.15) is 0 Å². The molecule has 0 saturated heterocycles. The number of nitrogens with one attached hydrogen (secondary N) is 2. The first-order valence-electron chi connectivity index (χ1n) is 14.9. The van der Waals surface area contributed by atoms with Crippen LogP contribution in [0.1, 0.15) is 90.0 Å². The van der Waals surface area contributed by atoms with E-state index >= 15 is 0 Å². The van der Waals surface area contributed by atoms with Crippen molar-refractivity contribution in [2.75, 3.05) is 6.54 Å². The molecule has 0 spiro atoms. The summed E-state index contributed by atoms with van der Waals surface area (Å²) in [6.07, 6.45) is 4.02. The van der Waals surface area contributed by atoms with Gasteiger partial charge in [-0.05, 0) is 74.8 Å². The summed E-state index contributed by atoms with van der Waals surface area (Å²) >= 11 is 0. The number of benzene rings is 2. The maximum absolute atomic E-state index is 14.5. The first-order chi connectivity index (χ1) is 19.4. The Morgan fingerprint density at radius 3 is 2.15 bits per heavy atom. The number of carbonyl (C=O) groups excluding carboxylic acids is 3. The number of ether oxygens (including phenoxy) is 1. The van der Waals surface area contributed by atoms with Crippen LogP contribution in [0.5, 0.6) is 5.75 Å². The second kappa shape index (κ2) is 14.4. The number of phenols is 1. The van der Waals surface area contributed by atoms with Gasteiger partial charge >= 0.3 is 6.09 Å². The summed E-state index contributed by atoms with van der Waals surface area (Å²) in [5.74, 6) is -0.231. The number of phenolic OH excluding ortho intramolecular Hbond substituents is 1. The Balaban J connectivity index is 2.00. The summed E-state index contributed by atoms with van der Waals surface area (Å²) in [6, 6.07) is 12.4. The minimum atomic E-state index is -0.979. The number of amides is 3. The van der Waals surface area contributed by atoms with E-state index in [1.54, 1.807) is 49.9 Å². The Morgan fingerprint density at radius 1 is 1.00 bits per heavy atom. The second-order valence-electron chi connectivity index (χ2n) is 12.1. The highest BCUT2D eigenvalue weighted by molar-refractivity contribution is 5.92. The molecule has 1 fully saturated rings. The molecular formula is C33H47N3O5. The lowest BCUT2D eigenvalue weighted by Crippen LogP contribution is -2.54. The van der Waals surface area contributed by atoms with Gasteiger partial charge in [-0.1, -0.05) is 70.0 Å². The van der Waals surface area contributed by atoms with E-state index in [-0.39, 0.29) is 35.9 Å². The molecule has 1 aliphatic carbocycles. The largest absolute Gasteiger partial charge is 0.508 e. The number of rotatable bonds is 13. The molecule has 3 rings (SSSR count). The van der Waals surface area contributed by atoms with Gasteiger partial charge in [0.2, 0.25) is 11.8 Å². The lowest BCUT2D eigenvalue weighted by Gasteiger charge is -2.35. The summed E-state index contributed by atoms with van der Waals surface area (Å²) in [6.45, 7) is 12.1. The van der Waals surface area contributed by atoms with Crippen molar-refractivity contribution in [3.63, 3.8) is 0 Å². The van der Waals surface area contributed by atoms with Gasteiger partial charge in [0.15, 0.2) is 0 Å². The summed E-state index contributed by atoms with van der Waals surface area (Å²) < 4.78 is 5.51. The number of aromatic hydroxyl groups is 1. The van der Waals surface area contributed by atoms with E-state index in [9.17, 15) is 19.5 Å². The Kier molecular flexibility index (Phi) is 11.2. The fourth-order valence-electron chi connectivity index (χ4n) is 4.93. The van der Waals surface area contributed by atoms with Crippen LogP contribution in [0.4, 0.5) is 4.79 Å². The molecule has 4 atom stereocenters. The van der Waals surface area contributed by atoms with E-state index in [4.69, 9.17) is 4.74 Å². The fraction of sp³-hybridized carbons (Fsp3) is 0.545. The first-order valence-corrected chi connectivity index (χ1v) is 14.9. The van der Waals surface area contributed by atoms with Crippen molar-refractivity contribution >= 4 is 17.9 Å². The van der Waals surface area contributed by atoms with E-state index in [0.29, 0.717) is 6.54 Å². The molecular weight excluding hydrogens is 518 g/mol. The lowest BCUT2D eigenvalue weighted by atomic mass is 9.98. The van der Waals surface area contributed by atoms with Crippen molar-refractivity contribution in [3.05, 3.63) is 65.2 Å². The van der Waals surface area contributed by atoms with Crippen molar-refractivity contribution in [2.24, 2.45) is 5.92 Å². The number of hydrogen-bond acceptors (Lipinski definition) is 5. The topological polar surface area (TPSA) is 108 Å². The highest BCUT2D eigenvalue weighted by atomic mass is 16.6. The van der Waals surface area contributed by atoms with Crippen molar-refractivity contribution in [1.82, 2.24) is 15.5 Å². The van der Waals surface area contributed by atoms with Crippen molar-refractivity contribution in [2.45, 2.75) is 104 Å². The van der Waals surface area contributed by atoms with Crippen molar-refractivity contribution in [1.29, 1.82) is 0 Å².